The predicted molar refractivity (Wildman–Crippen MR) is 81.8 cm³/mol. The molecule has 106 valence electrons. The Bertz CT molecular complexity index is 820. The van der Waals surface area contributed by atoms with Crippen LogP contribution in [0, 0.1) is 13.8 Å². The van der Waals surface area contributed by atoms with Gasteiger partial charge in [0.1, 0.15) is 17.1 Å². The molecule has 0 radical (unpaired) electrons. The van der Waals surface area contributed by atoms with Crippen molar-refractivity contribution < 1.29 is 4.74 Å². The quantitative estimate of drug-likeness (QED) is 0.669. The number of nitrogens with zero attached hydrogens (tertiary/aromatic N) is 4. The van der Waals surface area contributed by atoms with Crippen LogP contribution in [0.1, 0.15) is 11.3 Å². The summed E-state index contributed by atoms with van der Waals surface area (Å²) >= 11 is 0. The largest absolute Gasteiger partial charge is 0.494 e. The van der Waals surface area contributed by atoms with Gasteiger partial charge in [-0.1, -0.05) is 18.2 Å². The van der Waals surface area contributed by atoms with E-state index in [-0.39, 0.29) is 0 Å². The van der Waals surface area contributed by atoms with Gasteiger partial charge >= 0.3 is 0 Å². The van der Waals surface area contributed by atoms with Crippen molar-refractivity contribution in [3.8, 4) is 5.75 Å². The molecule has 0 saturated heterocycles. The SMILES string of the molecule is COc1ccccc1N=Nc1c(C)nc2ccc(C)cn12. The Balaban J connectivity index is 2.07. The van der Waals surface area contributed by atoms with Crippen LogP contribution in [0.5, 0.6) is 5.75 Å². The fourth-order valence-electron chi connectivity index (χ4n) is 2.19. The number of azo groups is 1. The summed E-state index contributed by atoms with van der Waals surface area (Å²) in [6, 6.07) is 11.5. The van der Waals surface area contributed by atoms with Crippen LogP contribution in [-0.2, 0) is 0 Å². The smallest absolute Gasteiger partial charge is 0.182 e. The second-order valence-electron chi connectivity index (χ2n) is 4.83. The number of hydrogen-bond donors (Lipinski definition) is 0. The normalized spacial score (nSPS) is 11.4. The number of rotatable bonds is 3. The second kappa shape index (κ2) is 5.36. The molecule has 0 aliphatic rings. The van der Waals surface area contributed by atoms with E-state index in [1.54, 1.807) is 7.11 Å². The van der Waals surface area contributed by atoms with Gasteiger partial charge in [0, 0.05) is 6.20 Å². The summed E-state index contributed by atoms with van der Waals surface area (Å²) < 4.78 is 7.22. The third-order valence-corrected chi connectivity index (χ3v) is 3.25. The lowest BCUT2D eigenvalue weighted by Crippen LogP contribution is -1.85. The minimum Gasteiger partial charge on any atom is -0.494 e. The van der Waals surface area contributed by atoms with Gasteiger partial charge in [-0.25, -0.2) is 4.98 Å². The molecule has 5 nitrogen and oxygen atoms in total. The molecule has 0 bridgehead atoms. The first kappa shape index (κ1) is 13.3. The maximum atomic E-state index is 5.28. The van der Waals surface area contributed by atoms with E-state index < -0.39 is 0 Å². The highest BCUT2D eigenvalue weighted by Crippen LogP contribution is 2.29. The summed E-state index contributed by atoms with van der Waals surface area (Å²) in [6.45, 7) is 3.97. The number of benzene rings is 1. The Morgan fingerprint density at radius 2 is 1.86 bits per heavy atom. The van der Waals surface area contributed by atoms with E-state index in [9.17, 15) is 0 Å². The molecule has 2 heterocycles. The third kappa shape index (κ3) is 2.50. The molecule has 0 spiro atoms. The van der Waals surface area contributed by atoms with Gasteiger partial charge in [-0.2, -0.15) is 0 Å². The van der Waals surface area contributed by atoms with Gasteiger partial charge < -0.3 is 4.74 Å². The van der Waals surface area contributed by atoms with Crippen molar-refractivity contribution in [2.45, 2.75) is 13.8 Å². The van der Waals surface area contributed by atoms with Gasteiger partial charge in [0.05, 0.1) is 12.8 Å². The Hall–Kier alpha value is -2.69. The van der Waals surface area contributed by atoms with Crippen molar-refractivity contribution in [2.24, 2.45) is 10.2 Å². The monoisotopic (exact) mass is 280 g/mol. The zero-order valence-corrected chi connectivity index (χ0v) is 12.2. The van der Waals surface area contributed by atoms with Gasteiger partial charge in [-0.05, 0) is 37.6 Å². The van der Waals surface area contributed by atoms with Crippen LogP contribution in [-0.4, -0.2) is 16.5 Å². The average molecular weight is 280 g/mol. The highest BCUT2D eigenvalue weighted by atomic mass is 16.5. The molecule has 0 atom stereocenters. The van der Waals surface area contributed by atoms with Gasteiger partial charge in [0.15, 0.2) is 5.82 Å². The van der Waals surface area contributed by atoms with Gasteiger partial charge in [-0.15, -0.1) is 10.2 Å². The second-order valence-corrected chi connectivity index (χ2v) is 4.83. The first-order chi connectivity index (χ1) is 10.2. The topological polar surface area (TPSA) is 51.2 Å². The van der Waals surface area contributed by atoms with Crippen molar-refractivity contribution in [1.29, 1.82) is 0 Å². The Labute approximate surface area is 122 Å². The molecule has 5 heteroatoms. The molecule has 1 aromatic carbocycles. The fraction of sp³-hybridized carbons (Fsp3) is 0.188. The van der Waals surface area contributed by atoms with E-state index in [0.29, 0.717) is 11.4 Å². The summed E-state index contributed by atoms with van der Waals surface area (Å²) in [6.07, 6.45) is 2.01. The molecular weight excluding hydrogens is 264 g/mol. The number of para-hydroxylation sites is 1. The van der Waals surface area contributed by atoms with Crippen LogP contribution in [0.2, 0.25) is 0 Å². The number of ether oxygens (including phenoxy) is 1. The molecule has 0 unspecified atom stereocenters. The van der Waals surface area contributed by atoms with Crippen LogP contribution < -0.4 is 4.74 Å². The number of aryl methyl sites for hydroxylation is 2. The lowest BCUT2D eigenvalue weighted by Gasteiger charge is -2.02. The van der Waals surface area contributed by atoms with Gasteiger partial charge in [0.2, 0.25) is 0 Å². The highest BCUT2D eigenvalue weighted by molar-refractivity contribution is 5.54. The minimum absolute atomic E-state index is 0.696. The van der Waals surface area contributed by atoms with Crippen molar-refractivity contribution in [3.05, 3.63) is 53.9 Å². The van der Waals surface area contributed by atoms with Gasteiger partial charge in [0.25, 0.3) is 0 Å². The Morgan fingerprint density at radius 3 is 2.67 bits per heavy atom. The summed E-state index contributed by atoms with van der Waals surface area (Å²) in [5, 5.41) is 8.66. The molecule has 0 amide bonds. The summed E-state index contributed by atoms with van der Waals surface area (Å²) in [5.74, 6) is 1.43. The fourth-order valence-corrected chi connectivity index (χ4v) is 2.19. The number of methoxy groups -OCH3 is 1. The lowest BCUT2D eigenvalue weighted by molar-refractivity contribution is 0.416. The summed E-state index contributed by atoms with van der Waals surface area (Å²) in [7, 11) is 1.62. The van der Waals surface area contributed by atoms with Crippen LogP contribution in [0.25, 0.3) is 5.65 Å². The molecule has 21 heavy (non-hydrogen) atoms. The Morgan fingerprint density at radius 1 is 1.05 bits per heavy atom. The number of imidazole rings is 1. The van der Waals surface area contributed by atoms with Crippen LogP contribution >= 0.6 is 0 Å². The van der Waals surface area contributed by atoms with E-state index in [4.69, 9.17) is 4.74 Å². The van der Waals surface area contributed by atoms with E-state index in [0.717, 1.165) is 22.7 Å². The number of aromatic nitrogens is 2. The molecule has 0 aliphatic heterocycles. The molecule has 0 aliphatic carbocycles. The average Bonchev–Trinajstić information content (AvgIpc) is 2.80. The van der Waals surface area contributed by atoms with E-state index in [2.05, 4.69) is 15.2 Å². The number of pyridine rings is 1. The van der Waals surface area contributed by atoms with Gasteiger partial charge in [-0.3, -0.25) is 4.40 Å². The predicted octanol–water partition coefficient (Wildman–Crippen LogP) is 4.38. The molecule has 0 saturated carbocycles. The van der Waals surface area contributed by atoms with E-state index >= 15 is 0 Å². The van der Waals surface area contributed by atoms with Crippen molar-refractivity contribution in [2.75, 3.05) is 7.11 Å². The maximum absolute atomic E-state index is 5.28. The van der Waals surface area contributed by atoms with Crippen LogP contribution in [0.15, 0.2) is 52.8 Å². The number of fused-ring (bicyclic) bond motifs is 1. The molecule has 3 rings (SSSR count). The highest BCUT2D eigenvalue weighted by Gasteiger charge is 2.08. The van der Waals surface area contributed by atoms with Crippen LogP contribution in [0.4, 0.5) is 11.5 Å². The lowest BCUT2D eigenvalue weighted by atomic mass is 10.3. The molecule has 0 N–H and O–H groups in total. The van der Waals surface area contributed by atoms with E-state index in [1.165, 1.54) is 0 Å². The zero-order chi connectivity index (χ0) is 14.8. The first-order valence-electron chi connectivity index (χ1n) is 6.69. The van der Waals surface area contributed by atoms with Crippen LogP contribution in [0.3, 0.4) is 0 Å². The Kier molecular flexibility index (Phi) is 3.39. The minimum atomic E-state index is 0.696. The zero-order valence-electron chi connectivity index (χ0n) is 12.2. The molecule has 0 fully saturated rings. The van der Waals surface area contributed by atoms with Crippen molar-refractivity contribution in [3.63, 3.8) is 0 Å². The summed E-state index contributed by atoms with van der Waals surface area (Å²) in [4.78, 5) is 4.49. The van der Waals surface area contributed by atoms with Crippen molar-refractivity contribution >= 4 is 17.2 Å². The maximum Gasteiger partial charge on any atom is 0.182 e. The first-order valence-corrected chi connectivity index (χ1v) is 6.69. The molecule has 2 aromatic heterocycles. The standard InChI is InChI=1S/C16H16N4O/c1-11-8-9-15-17-12(2)16(20(15)10-11)19-18-13-6-4-5-7-14(13)21-3/h4-10H,1-3H3. The molecular formula is C16H16N4O. The molecule has 3 aromatic rings. The summed E-state index contributed by atoms with van der Waals surface area (Å²) in [5.41, 5.74) is 3.56. The third-order valence-electron chi connectivity index (χ3n) is 3.25. The van der Waals surface area contributed by atoms with Crippen molar-refractivity contribution in [1.82, 2.24) is 9.38 Å². The number of hydrogen-bond acceptors (Lipinski definition) is 4. The van der Waals surface area contributed by atoms with E-state index in [1.807, 2.05) is 60.8 Å².